The number of rotatable bonds is 3. The highest BCUT2D eigenvalue weighted by Gasteiger charge is 2.20. The van der Waals surface area contributed by atoms with Crippen LogP contribution in [-0.2, 0) is 0 Å². The maximum absolute atomic E-state index is 12.8. The molecular formula is C20H21N5O. The first kappa shape index (κ1) is 16.5. The summed E-state index contributed by atoms with van der Waals surface area (Å²) in [6, 6.07) is 11.8. The Labute approximate surface area is 152 Å². The number of piperazine rings is 1. The highest BCUT2D eigenvalue weighted by molar-refractivity contribution is 5.96. The van der Waals surface area contributed by atoms with Gasteiger partial charge in [0.1, 0.15) is 0 Å². The number of benzene rings is 1. The summed E-state index contributed by atoms with van der Waals surface area (Å²) >= 11 is 0. The number of anilines is 2. The Morgan fingerprint density at radius 3 is 2.73 bits per heavy atom. The normalized spacial score (nSPS) is 15.2. The standard InChI is InChI=1S/C20H21N5O/c1-24-8-10-25(11-9-24)20(26)16-12-17(14-21-13-16)23-18-6-2-4-15-5-3-7-22-19(15)18/h2-7,12-14,23H,8-11H2,1H3. The first-order chi connectivity index (χ1) is 12.7. The highest BCUT2D eigenvalue weighted by Crippen LogP contribution is 2.24. The third kappa shape index (κ3) is 3.36. The minimum atomic E-state index is 0.0327. The van der Waals surface area contributed by atoms with Gasteiger partial charge in [-0.3, -0.25) is 14.8 Å². The molecule has 0 radical (unpaired) electrons. The summed E-state index contributed by atoms with van der Waals surface area (Å²) in [5, 5.41) is 4.41. The summed E-state index contributed by atoms with van der Waals surface area (Å²) in [5.74, 6) is 0.0327. The second kappa shape index (κ2) is 7.09. The van der Waals surface area contributed by atoms with E-state index >= 15 is 0 Å². The van der Waals surface area contributed by atoms with Crippen LogP contribution in [0.1, 0.15) is 10.4 Å². The fraction of sp³-hybridized carbons (Fsp3) is 0.250. The molecule has 1 aliphatic rings. The summed E-state index contributed by atoms with van der Waals surface area (Å²) in [4.78, 5) is 25.6. The van der Waals surface area contributed by atoms with Crippen molar-refractivity contribution in [2.45, 2.75) is 0 Å². The zero-order valence-electron chi connectivity index (χ0n) is 14.7. The maximum Gasteiger partial charge on any atom is 0.255 e. The number of hydrogen-bond acceptors (Lipinski definition) is 5. The van der Waals surface area contributed by atoms with E-state index in [0.717, 1.165) is 48.5 Å². The van der Waals surface area contributed by atoms with Gasteiger partial charge < -0.3 is 15.1 Å². The average Bonchev–Trinajstić information content (AvgIpc) is 2.69. The lowest BCUT2D eigenvalue weighted by Gasteiger charge is -2.32. The molecule has 0 saturated carbocycles. The van der Waals surface area contributed by atoms with Crippen LogP contribution in [0.3, 0.4) is 0 Å². The molecule has 6 nitrogen and oxygen atoms in total. The second-order valence-electron chi connectivity index (χ2n) is 6.56. The number of fused-ring (bicyclic) bond motifs is 1. The fourth-order valence-electron chi connectivity index (χ4n) is 3.18. The van der Waals surface area contributed by atoms with E-state index < -0.39 is 0 Å². The molecule has 1 fully saturated rings. The number of nitrogens with one attached hydrogen (secondary N) is 1. The van der Waals surface area contributed by atoms with Crippen LogP contribution >= 0.6 is 0 Å². The number of carbonyl (C=O) groups excluding carboxylic acids is 1. The van der Waals surface area contributed by atoms with Crippen LogP contribution in [0, 0.1) is 0 Å². The third-order valence-electron chi connectivity index (χ3n) is 4.69. The number of carbonyl (C=O) groups is 1. The van der Waals surface area contributed by atoms with E-state index in [4.69, 9.17) is 0 Å². The molecule has 2 aromatic heterocycles. The van der Waals surface area contributed by atoms with Gasteiger partial charge in [-0.15, -0.1) is 0 Å². The molecular weight excluding hydrogens is 326 g/mol. The number of amides is 1. The Hall–Kier alpha value is -2.99. The van der Waals surface area contributed by atoms with Crippen LogP contribution in [-0.4, -0.2) is 58.9 Å². The molecule has 3 aromatic rings. The lowest BCUT2D eigenvalue weighted by atomic mass is 10.1. The molecule has 132 valence electrons. The van der Waals surface area contributed by atoms with Gasteiger partial charge in [-0.05, 0) is 25.2 Å². The smallest absolute Gasteiger partial charge is 0.255 e. The Morgan fingerprint density at radius 1 is 1.08 bits per heavy atom. The zero-order valence-corrected chi connectivity index (χ0v) is 14.7. The summed E-state index contributed by atoms with van der Waals surface area (Å²) in [5.41, 5.74) is 3.18. The van der Waals surface area contributed by atoms with Crippen molar-refractivity contribution in [3.8, 4) is 0 Å². The van der Waals surface area contributed by atoms with Crippen molar-refractivity contribution in [2.75, 3.05) is 38.5 Å². The minimum Gasteiger partial charge on any atom is -0.352 e. The van der Waals surface area contributed by atoms with Gasteiger partial charge in [0.15, 0.2) is 0 Å². The molecule has 6 heteroatoms. The lowest BCUT2D eigenvalue weighted by Crippen LogP contribution is -2.47. The quantitative estimate of drug-likeness (QED) is 0.789. The Balaban J connectivity index is 1.57. The van der Waals surface area contributed by atoms with E-state index in [1.54, 1.807) is 18.6 Å². The second-order valence-corrected chi connectivity index (χ2v) is 6.56. The number of hydrogen-bond donors (Lipinski definition) is 1. The van der Waals surface area contributed by atoms with E-state index in [-0.39, 0.29) is 5.91 Å². The molecule has 1 aliphatic heterocycles. The molecule has 1 N–H and O–H groups in total. The molecule has 1 saturated heterocycles. The SMILES string of the molecule is CN1CCN(C(=O)c2cncc(Nc3cccc4cccnc34)c2)CC1. The van der Waals surface area contributed by atoms with E-state index in [2.05, 4.69) is 27.2 Å². The van der Waals surface area contributed by atoms with Crippen LogP contribution in [0.15, 0.2) is 55.0 Å². The van der Waals surface area contributed by atoms with Gasteiger partial charge in [0, 0.05) is 44.0 Å². The van der Waals surface area contributed by atoms with Crippen LogP contribution in [0.25, 0.3) is 10.9 Å². The molecule has 1 amide bonds. The first-order valence-electron chi connectivity index (χ1n) is 8.74. The zero-order chi connectivity index (χ0) is 17.9. The molecule has 26 heavy (non-hydrogen) atoms. The summed E-state index contributed by atoms with van der Waals surface area (Å²) in [6.45, 7) is 3.30. The third-order valence-corrected chi connectivity index (χ3v) is 4.69. The Morgan fingerprint density at radius 2 is 1.88 bits per heavy atom. The van der Waals surface area contributed by atoms with Gasteiger partial charge in [0.05, 0.1) is 28.7 Å². The molecule has 1 aromatic carbocycles. The molecule has 0 bridgehead atoms. The number of pyridine rings is 2. The fourth-order valence-corrected chi connectivity index (χ4v) is 3.18. The van der Waals surface area contributed by atoms with Crippen molar-refractivity contribution >= 4 is 28.2 Å². The first-order valence-corrected chi connectivity index (χ1v) is 8.74. The summed E-state index contributed by atoms with van der Waals surface area (Å²) in [6.07, 6.45) is 5.13. The van der Waals surface area contributed by atoms with Gasteiger partial charge in [-0.1, -0.05) is 18.2 Å². The van der Waals surface area contributed by atoms with Crippen molar-refractivity contribution in [3.05, 3.63) is 60.6 Å². The Bertz CT molecular complexity index is 929. The lowest BCUT2D eigenvalue weighted by molar-refractivity contribution is 0.0663. The van der Waals surface area contributed by atoms with E-state index in [1.165, 1.54) is 0 Å². The van der Waals surface area contributed by atoms with Crippen LogP contribution < -0.4 is 5.32 Å². The Kier molecular flexibility index (Phi) is 4.50. The van der Waals surface area contributed by atoms with Crippen LogP contribution in [0.2, 0.25) is 0 Å². The molecule has 3 heterocycles. The van der Waals surface area contributed by atoms with Crippen LogP contribution in [0.5, 0.6) is 0 Å². The van der Waals surface area contributed by atoms with Gasteiger partial charge in [-0.2, -0.15) is 0 Å². The number of likely N-dealkylation sites (N-methyl/N-ethyl adjacent to an activating group) is 1. The minimum absolute atomic E-state index is 0.0327. The topological polar surface area (TPSA) is 61.4 Å². The summed E-state index contributed by atoms with van der Waals surface area (Å²) < 4.78 is 0. The van der Waals surface area contributed by atoms with Crippen molar-refractivity contribution in [1.82, 2.24) is 19.8 Å². The molecule has 0 atom stereocenters. The average molecular weight is 347 g/mol. The van der Waals surface area contributed by atoms with E-state index in [0.29, 0.717) is 5.56 Å². The summed E-state index contributed by atoms with van der Waals surface area (Å²) in [7, 11) is 2.08. The molecule has 4 rings (SSSR count). The molecule has 0 aliphatic carbocycles. The van der Waals surface area contributed by atoms with Crippen molar-refractivity contribution in [1.29, 1.82) is 0 Å². The highest BCUT2D eigenvalue weighted by atomic mass is 16.2. The van der Waals surface area contributed by atoms with Crippen molar-refractivity contribution < 1.29 is 4.79 Å². The van der Waals surface area contributed by atoms with Gasteiger partial charge >= 0.3 is 0 Å². The van der Waals surface area contributed by atoms with Gasteiger partial charge in [-0.25, -0.2) is 0 Å². The van der Waals surface area contributed by atoms with E-state index in [9.17, 15) is 4.79 Å². The predicted molar refractivity (Wildman–Crippen MR) is 103 cm³/mol. The number of para-hydroxylation sites is 1. The van der Waals surface area contributed by atoms with Gasteiger partial charge in [0.2, 0.25) is 0 Å². The number of aromatic nitrogens is 2. The molecule has 0 unspecified atom stereocenters. The van der Waals surface area contributed by atoms with Crippen LogP contribution in [0.4, 0.5) is 11.4 Å². The number of nitrogens with zero attached hydrogens (tertiary/aromatic N) is 4. The van der Waals surface area contributed by atoms with E-state index in [1.807, 2.05) is 41.3 Å². The van der Waals surface area contributed by atoms with Crippen molar-refractivity contribution in [2.24, 2.45) is 0 Å². The van der Waals surface area contributed by atoms with Gasteiger partial charge in [0.25, 0.3) is 5.91 Å². The monoisotopic (exact) mass is 347 g/mol. The predicted octanol–water partition coefficient (Wildman–Crippen LogP) is 2.76. The maximum atomic E-state index is 12.8. The van der Waals surface area contributed by atoms with Crippen molar-refractivity contribution in [3.63, 3.8) is 0 Å². The molecule has 0 spiro atoms. The largest absolute Gasteiger partial charge is 0.352 e.